The average molecular weight is 282 g/mol. The molecule has 3 aliphatic rings. The Hall–Kier alpha value is -0.810. The maximum Gasteiger partial charge on any atom is 0.315 e. The highest BCUT2D eigenvalue weighted by Crippen LogP contribution is 2.51. The first-order valence-electron chi connectivity index (χ1n) is 7.83. The van der Waals surface area contributed by atoms with E-state index < -0.39 is 0 Å². The summed E-state index contributed by atoms with van der Waals surface area (Å²) in [6.45, 7) is 7.20. The number of hydrogen-bond donors (Lipinski definition) is 2. The van der Waals surface area contributed by atoms with E-state index >= 15 is 0 Å². The first-order chi connectivity index (χ1) is 9.59. The molecule has 0 radical (unpaired) electrons. The second kappa shape index (κ2) is 5.53. The highest BCUT2D eigenvalue weighted by molar-refractivity contribution is 5.74. The molecular weight excluding hydrogens is 256 g/mol. The van der Waals surface area contributed by atoms with Gasteiger partial charge in [0.05, 0.1) is 12.7 Å². The van der Waals surface area contributed by atoms with Crippen molar-refractivity contribution in [1.29, 1.82) is 0 Å². The monoisotopic (exact) mass is 282 g/mol. The molecular formula is C15H26N2O3. The zero-order chi connectivity index (χ0) is 14.2. The van der Waals surface area contributed by atoms with Crippen LogP contribution in [0.3, 0.4) is 0 Å². The van der Waals surface area contributed by atoms with Crippen LogP contribution in [0.1, 0.15) is 33.1 Å². The highest BCUT2D eigenvalue weighted by Gasteiger charge is 2.59. The fraction of sp³-hybridized carbons (Fsp3) is 0.933. The van der Waals surface area contributed by atoms with Gasteiger partial charge >= 0.3 is 6.03 Å². The summed E-state index contributed by atoms with van der Waals surface area (Å²) >= 11 is 0. The van der Waals surface area contributed by atoms with E-state index in [9.17, 15) is 4.79 Å². The van der Waals surface area contributed by atoms with E-state index in [1.165, 1.54) is 12.8 Å². The van der Waals surface area contributed by atoms with Gasteiger partial charge < -0.3 is 20.1 Å². The summed E-state index contributed by atoms with van der Waals surface area (Å²) < 4.78 is 11.2. The van der Waals surface area contributed by atoms with Crippen molar-refractivity contribution >= 4 is 6.03 Å². The molecule has 2 aliphatic carbocycles. The Balaban J connectivity index is 1.33. The Labute approximate surface area is 120 Å². The molecule has 0 aromatic rings. The summed E-state index contributed by atoms with van der Waals surface area (Å²) in [5, 5.41) is 5.98. The lowest BCUT2D eigenvalue weighted by Crippen LogP contribution is -2.67. The molecule has 114 valence electrons. The molecule has 20 heavy (non-hydrogen) atoms. The zero-order valence-corrected chi connectivity index (χ0v) is 12.5. The summed E-state index contributed by atoms with van der Waals surface area (Å²) in [6.07, 6.45) is 3.98. The zero-order valence-electron chi connectivity index (χ0n) is 12.5. The van der Waals surface area contributed by atoms with E-state index in [2.05, 4.69) is 24.5 Å². The van der Waals surface area contributed by atoms with Crippen molar-refractivity contribution in [2.75, 3.05) is 26.4 Å². The molecule has 0 spiro atoms. The Bertz CT molecular complexity index is 368. The van der Waals surface area contributed by atoms with E-state index in [1.807, 2.05) is 0 Å². The summed E-state index contributed by atoms with van der Waals surface area (Å²) in [7, 11) is 0. The predicted octanol–water partition coefficient (Wildman–Crippen LogP) is 1.53. The second-order valence-electron chi connectivity index (χ2n) is 6.96. The number of urea groups is 1. The third-order valence-corrected chi connectivity index (χ3v) is 4.97. The number of hydrogen-bond acceptors (Lipinski definition) is 3. The number of ether oxygens (including phenoxy) is 2. The largest absolute Gasteiger partial charge is 0.379 e. The van der Waals surface area contributed by atoms with Crippen LogP contribution < -0.4 is 10.6 Å². The van der Waals surface area contributed by atoms with Gasteiger partial charge in [-0.25, -0.2) is 4.79 Å². The Morgan fingerprint density at radius 1 is 1.35 bits per heavy atom. The van der Waals surface area contributed by atoms with Gasteiger partial charge in [0.25, 0.3) is 0 Å². The average Bonchev–Trinajstić information content (AvgIpc) is 3.11. The van der Waals surface area contributed by atoms with Gasteiger partial charge in [-0.3, -0.25) is 0 Å². The van der Waals surface area contributed by atoms with Crippen LogP contribution in [0.4, 0.5) is 4.79 Å². The summed E-state index contributed by atoms with van der Waals surface area (Å²) in [5.74, 6) is 1.26. The van der Waals surface area contributed by atoms with Gasteiger partial charge in [0.2, 0.25) is 0 Å². The van der Waals surface area contributed by atoms with E-state index in [0.29, 0.717) is 25.2 Å². The van der Waals surface area contributed by atoms with Gasteiger partial charge in [-0.15, -0.1) is 0 Å². The normalized spacial score (nSPS) is 34.2. The van der Waals surface area contributed by atoms with Crippen LogP contribution >= 0.6 is 0 Å². The lowest BCUT2D eigenvalue weighted by Gasteiger charge is -2.54. The van der Waals surface area contributed by atoms with E-state index in [1.54, 1.807) is 0 Å². The first kappa shape index (κ1) is 14.1. The Morgan fingerprint density at radius 2 is 2.15 bits per heavy atom. The Kier molecular flexibility index (Phi) is 3.91. The van der Waals surface area contributed by atoms with Crippen molar-refractivity contribution in [3.63, 3.8) is 0 Å². The quantitative estimate of drug-likeness (QED) is 0.726. The summed E-state index contributed by atoms with van der Waals surface area (Å²) in [6, 6.07) is 0.144. The fourth-order valence-corrected chi connectivity index (χ4v) is 3.58. The molecule has 0 aromatic heterocycles. The van der Waals surface area contributed by atoms with Gasteiger partial charge in [0, 0.05) is 37.1 Å². The molecule has 5 heteroatoms. The lowest BCUT2D eigenvalue weighted by atomic mass is 9.57. The summed E-state index contributed by atoms with van der Waals surface area (Å²) in [4.78, 5) is 11.9. The minimum absolute atomic E-state index is 0.0426. The van der Waals surface area contributed by atoms with E-state index in [0.717, 1.165) is 25.6 Å². The molecule has 0 aromatic carbocycles. The molecule has 1 heterocycles. The molecule has 0 bridgehead atoms. The molecule has 2 N–H and O–H groups in total. The minimum Gasteiger partial charge on any atom is -0.379 e. The third-order valence-electron chi connectivity index (χ3n) is 4.97. The van der Waals surface area contributed by atoms with Gasteiger partial charge in [0.1, 0.15) is 0 Å². The van der Waals surface area contributed by atoms with Crippen molar-refractivity contribution in [3.05, 3.63) is 0 Å². The molecule has 1 saturated heterocycles. The second-order valence-corrected chi connectivity index (χ2v) is 6.96. The number of carbonyl (C=O) groups is 1. The molecule has 3 rings (SSSR count). The van der Waals surface area contributed by atoms with Crippen LogP contribution in [-0.4, -0.2) is 44.5 Å². The van der Waals surface area contributed by atoms with Gasteiger partial charge in [-0.1, -0.05) is 13.8 Å². The van der Waals surface area contributed by atoms with Crippen molar-refractivity contribution in [2.45, 2.75) is 45.3 Å². The number of nitrogens with one attached hydrogen (secondary N) is 2. The predicted molar refractivity (Wildman–Crippen MR) is 75.5 cm³/mol. The van der Waals surface area contributed by atoms with E-state index in [4.69, 9.17) is 9.47 Å². The van der Waals surface area contributed by atoms with Crippen LogP contribution in [0, 0.1) is 17.3 Å². The molecule has 0 unspecified atom stereocenters. The van der Waals surface area contributed by atoms with Crippen LogP contribution in [0.15, 0.2) is 0 Å². The molecule has 2 saturated carbocycles. The number of rotatable bonds is 6. The third kappa shape index (κ3) is 2.79. The molecule has 3 atom stereocenters. The van der Waals surface area contributed by atoms with Crippen LogP contribution in [0.25, 0.3) is 0 Å². The maximum absolute atomic E-state index is 11.9. The molecule has 3 fully saturated rings. The topological polar surface area (TPSA) is 59.6 Å². The van der Waals surface area contributed by atoms with Crippen molar-refractivity contribution < 1.29 is 14.3 Å². The fourth-order valence-electron chi connectivity index (χ4n) is 3.58. The smallest absolute Gasteiger partial charge is 0.315 e. The van der Waals surface area contributed by atoms with Crippen LogP contribution in [-0.2, 0) is 9.47 Å². The van der Waals surface area contributed by atoms with Gasteiger partial charge in [0.15, 0.2) is 0 Å². The van der Waals surface area contributed by atoms with Crippen LogP contribution in [0.2, 0.25) is 0 Å². The standard InChI is InChI=1S/C15H26N2O3/c1-15(2)12(11-5-7-20-13(11)15)17-14(18)16-6-8-19-9-10-3-4-10/h10-13H,3-9H2,1-2H3,(H2,16,17,18)/t11-,12-,13+/m1/s1. The van der Waals surface area contributed by atoms with Gasteiger partial charge in [-0.2, -0.15) is 0 Å². The number of amides is 2. The molecule has 2 amide bonds. The highest BCUT2D eigenvalue weighted by atomic mass is 16.5. The maximum atomic E-state index is 11.9. The first-order valence-corrected chi connectivity index (χ1v) is 7.83. The molecule has 1 aliphatic heterocycles. The Morgan fingerprint density at radius 3 is 2.90 bits per heavy atom. The lowest BCUT2D eigenvalue weighted by molar-refractivity contribution is -0.108. The number of carbonyl (C=O) groups excluding carboxylic acids is 1. The summed E-state index contributed by atoms with van der Waals surface area (Å²) in [5.41, 5.74) is 0.0426. The van der Waals surface area contributed by atoms with Gasteiger partial charge in [-0.05, 0) is 25.2 Å². The van der Waals surface area contributed by atoms with E-state index in [-0.39, 0.29) is 17.5 Å². The number of fused-ring (bicyclic) bond motifs is 1. The van der Waals surface area contributed by atoms with Crippen molar-refractivity contribution in [1.82, 2.24) is 10.6 Å². The van der Waals surface area contributed by atoms with Crippen LogP contribution in [0.5, 0.6) is 0 Å². The molecule has 5 nitrogen and oxygen atoms in total. The van der Waals surface area contributed by atoms with Crippen molar-refractivity contribution in [3.8, 4) is 0 Å². The minimum atomic E-state index is -0.0801. The SMILES string of the molecule is CC1(C)[C@H](NC(=O)NCCOCC2CC2)[C@H]2CCO[C@@H]21. The van der Waals surface area contributed by atoms with Crippen molar-refractivity contribution in [2.24, 2.45) is 17.3 Å².